The average Bonchev–Trinajstić information content (AvgIpc) is 3.37. The summed E-state index contributed by atoms with van der Waals surface area (Å²) in [5, 5.41) is 11.8. The SMILES string of the molecule is OCc1cnc(N(CC2CC2)C2CC2)c2ccccc12. The maximum absolute atomic E-state index is 9.49. The highest BCUT2D eigenvalue weighted by Crippen LogP contribution is 2.39. The fraction of sp³-hybridized carbons (Fsp3) is 0.471. The van der Waals surface area contributed by atoms with Gasteiger partial charge in [-0.1, -0.05) is 24.3 Å². The second kappa shape index (κ2) is 4.74. The van der Waals surface area contributed by atoms with Crippen molar-refractivity contribution in [3.05, 3.63) is 36.0 Å². The minimum Gasteiger partial charge on any atom is -0.392 e. The van der Waals surface area contributed by atoms with Crippen LogP contribution in [0.1, 0.15) is 31.2 Å². The second-order valence-corrected chi connectivity index (χ2v) is 6.14. The summed E-state index contributed by atoms with van der Waals surface area (Å²) in [7, 11) is 0. The number of aromatic nitrogens is 1. The first-order valence-corrected chi connectivity index (χ1v) is 7.61. The molecule has 2 aliphatic rings. The summed E-state index contributed by atoms with van der Waals surface area (Å²) in [5.74, 6) is 1.99. The van der Waals surface area contributed by atoms with Crippen LogP contribution in [0.2, 0.25) is 0 Å². The van der Waals surface area contributed by atoms with Crippen LogP contribution in [0.15, 0.2) is 30.5 Å². The van der Waals surface area contributed by atoms with Gasteiger partial charge in [-0.25, -0.2) is 4.98 Å². The highest BCUT2D eigenvalue weighted by molar-refractivity contribution is 5.94. The Morgan fingerprint density at radius 2 is 1.85 bits per heavy atom. The molecule has 1 aromatic carbocycles. The number of rotatable bonds is 5. The standard InChI is InChI=1S/C17H20N2O/c20-11-13-9-18-17(16-4-2-1-3-15(13)16)19(14-7-8-14)10-12-5-6-12/h1-4,9,12,14,20H,5-8,10-11H2. The lowest BCUT2D eigenvalue weighted by molar-refractivity contribution is 0.283. The van der Waals surface area contributed by atoms with Crippen LogP contribution in [0.3, 0.4) is 0 Å². The summed E-state index contributed by atoms with van der Waals surface area (Å²) < 4.78 is 0. The van der Waals surface area contributed by atoms with E-state index in [9.17, 15) is 5.11 Å². The molecule has 0 saturated heterocycles. The Hall–Kier alpha value is -1.61. The Bertz CT molecular complexity index is 632. The van der Waals surface area contributed by atoms with Crippen LogP contribution >= 0.6 is 0 Å². The van der Waals surface area contributed by atoms with Crippen molar-refractivity contribution >= 4 is 16.6 Å². The molecule has 0 aliphatic heterocycles. The van der Waals surface area contributed by atoms with Gasteiger partial charge in [0.2, 0.25) is 0 Å². The van der Waals surface area contributed by atoms with Crippen molar-refractivity contribution in [2.45, 2.75) is 38.3 Å². The number of nitrogens with zero attached hydrogens (tertiary/aromatic N) is 2. The number of aliphatic hydroxyl groups excluding tert-OH is 1. The number of aliphatic hydroxyl groups is 1. The fourth-order valence-electron chi connectivity index (χ4n) is 2.96. The maximum Gasteiger partial charge on any atom is 0.136 e. The Balaban J connectivity index is 1.81. The molecule has 4 rings (SSSR count). The van der Waals surface area contributed by atoms with Crippen LogP contribution in [0.5, 0.6) is 0 Å². The predicted octanol–water partition coefficient (Wildman–Crippen LogP) is 3.11. The number of hydrogen-bond acceptors (Lipinski definition) is 3. The van der Waals surface area contributed by atoms with E-state index in [1.807, 2.05) is 12.3 Å². The van der Waals surface area contributed by atoms with Crippen LogP contribution < -0.4 is 4.90 Å². The highest BCUT2D eigenvalue weighted by atomic mass is 16.3. The molecule has 104 valence electrons. The maximum atomic E-state index is 9.49. The van der Waals surface area contributed by atoms with E-state index in [4.69, 9.17) is 0 Å². The second-order valence-electron chi connectivity index (χ2n) is 6.14. The van der Waals surface area contributed by atoms with Crippen LogP contribution in [-0.4, -0.2) is 22.7 Å². The smallest absolute Gasteiger partial charge is 0.136 e. The van der Waals surface area contributed by atoms with Crippen LogP contribution in [0.4, 0.5) is 5.82 Å². The zero-order valence-electron chi connectivity index (χ0n) is 11.6. The highest BCUT2D eigenvalue weighted by Gasteiger charge is 2.35. The zero-order valence-corrected chi connectivity index (χ0v) is 11.6. The van der Waals surface area contributed by atoms with Gasteiger partial charge in [-0.15, -0.1) is 0 Å². The van der Waals surface area contributed by atoms with Gasteiger partial charge in [0, 0.05) is 29.7 Å². The Morgan fingerprint density at radius 1 is 1.10 bits per heavy atom. The molecule has 0 spiro atoms. The first kappa shape index (κ1) is 12.2. The van der Waals surface area contributed by atoms with Gasteiger partial charge in [0.05, 0.1) is 6.61 Å². The van der Waals surface area contributed by atoms with Crippen molar-refractivity contribution < 1.29 is 5.11 Å². The molecule has 2 aromatic rings. The van der Waals surface area contributed by atoms with Gasteiger partial charge in [0.15, 0.2) is 0 Å². The summed E-state index contributed by atoms with van der Waals surface area (Å²) in [6.45, 7) is 1.21. The van der Waals surface area contributed by atoms with Crippen molar-refractivity contribution in [1.82, 2.24) is 4.98 Å². The Morgan fingerprint density at radius 3 is 2.50 bits per heavy atom. The summed E-state index contributed by atoms with van der Waals surface area (Å²) in [4.78, 5) is 7.20. The van der Waals surface area contributed by atoms with Gasteiger partial charge in [-0.3, -0.25) is 0 Å². The van der Waals surface area contributed by atoms with Crippen molar-refractivity contribution in [3.63, 3.8) is 0 Å². The molecule has 0 bridgehead atoms. The van der Waals surface area contributed by atoms with Crippen LogP contribution in [0.25, 0.3) is 10.8 Å². The average molecular weight is 268 g/mol. The molecule has 0 unspecified atom stereocenters. The van der Waals surface area contributed by atoms with E-state index in [0.29, 0.717) is 6.04 Å². The molecule has 0 radical (unpaired) electrons. The molecule has 1 aromatic heterocycles. The third kappa shape index (κ3) is 2.16. The number of benzene rings is 1. The molecule has 20 heavy (non-hydrogen) atoms. The molecular formula is C17H20N2O. The van der Waals surface area contributed by atoms with Crippen LogP contribution in [0, 0.1) is 5.92 Å². The van der Waals surface area contributed by atoms with E-state index in [-0.39, 0.29) is 6.61 Å². The van der Waals surface area contributed by atoms with E-state index in [2.05, 4.69) is 28.1 Å². The summed E-state index contributed by atoms with van der Waals surface area (Å²) in [6.07, 6.45) is 7.18. The predicted molar refractivity (Wildman–Crippen MR) is 80.8 cm³/mol. The van der Waals surface area contributed by atoms with E-state index in [1.54, 1.807) is 0 Å². The molecule has 3 heteroatoms. The molecule has 3 nitrogen and oxygen atoms in total. The summed E-state index contributed by atoms with van der Waals surface area (Å²) in [6, 6.07) is 9.02. The molecule has 2 saturated carbocycles. The summed E-state index contributed by atoms with van der Waals surface area (Å²) >= 11 is 0. The van der Waals surface area contributed by atoms with E-state index in [1.165, 1.54) is 31.1 Å². The van der Waals surface area contributed by atoms with Crippen molar-refractivity contribution in [2.24, 2.45) is 5.92 Å². The molecule has 0 atom stereocenters. The van der Waals surface area contributed by atoms with Gasteiger partial charge < -0.3 is 10.0 Å². The molecule has 1 N–H and O–H groups in total. The summed E-state index contributed by atoms with van der Waals surface area (Å²) in [5.41, 5.74) is 0.923. The minimum atomic E-state index is 0.0554. The van der Waals surface area contributed by atoms with Gasteiger partial charge in [-0.05, 0) is 37.0 Å². The molecule has 0 amide bonds. The van der Waals surface area contributed by atoms with E-state index < -0.39 is 0 Å². The quantitative estimate of drug-likeness (QED) is 0.905. The van der Waals surface area contributed by atoms with Crippen molar-refractivity contribution in [3.8, 4) is 0 Å². The monoisotopic (exact) mass is 268 g/mol. The van der Waals surface area contributed by atoms with Gasteiger partial charge >= 0.3 is 0 Å². The number of fused-ring (bicyclic) bond motifs is 1. The number of hydrogen-bond donors (Lipinski definition) is 1. The van der Waals surface area contributed by atoms with Gasteiger partial charge in [-0.2, -0.15) is 0 Å². The lowest BCUT2D eigenvalue weighted by Crippen LogP contribution is -2.29. The third-order valence-electron chi connectivity index (χ3n) is 4.44. The Kier molecular flexibility index (Phi) is 2.88. The van der Waals surface area contributed by atoms with Crippen molar-refractivity contribution in [2.75, 3.05) is 11.4 Å². The molecule has 2 fully saturated rings. The molecular weight excluding hydrogens is 248 g/mol. The number of pyridine rings is 1. The first-order valence-electron chi connectivity index (χ1n) is 7.61. The minimum absolute atomic E-state index is 0.0554. The lowest BCUT2D eigenvalue weighted by Gasteiger charge is -2.25. The fourth-order valence-corrected chi connectivity index (χ4v) is 2.96. The van der Waals surface area contributed by atoms with Crippen LogP contribution in [-0.2, 0) is 6.61 Å². The van der Waals surface area contributed by atoms with E-state index >= 15 is 0 Å². The normalized spacial score (nSPS) is 18.4. The number of anilines is 1. The zero-order chi connectivity index (χ0) is 13.5. The molecule has 2 aliphatic carbocycles. The first-order chi connectivity index (χ1) is 9.86. The van der Waals surface area contributed by atoms with Crippen molar-refractivity contribution in [1.29, 1.82) is 0 Å². The largest absolute Gasteiger partial charge is 0.392 e. The van der Waals surface area contributed by atoms with Gasteiger partial charge in [0.1, 0.15) is 5.82 Å². The van der Waals surface area contributed by atoms with E-state index in [0.717, 1.165) is 29.2 Å². The third-order valence-corrected chi connectivity index (χ3v) is 4.44. The Labute approximate surface area is 119 Å². The van der Waals surface area contributed by atoms with Gasteiger partial charge in [0.25, 0.3) is 0 Å². The lowest BCUT2D eigenvalue weighted by atomic mass is 10.1. The molecule has 1 heterocycles. The topological polar surface area (TPSA) is 36.4 Å².